The zero-order valence-electron chi connectivity index (χ0n) is 11.7. The minimum absolute atomic E-state index is 0.758. The van der Waals surface area contributed by atoms with Gasteiger partial charge in [0.15, 0.2) is 0 Å². The largest absolute Gasteiger partial charge is 0.314 e. The normalized spacial score (nSPS) is 21.1. The lowest BCUT2D eigenvalue weighted by Crippen LogP contribution is -2.38. The molecule has 0 bridgehead atoms. The van der Waals surface area contributed by atoms with Crippen LogP contribution in [-0.4, -0.2) is 29.5 Å². The van der Waals surface area contributed by atoms with Crippen molar-refractivity contribution >= 4 is 0 Å². The second-order valence-corrected chi connectivity index (χ2v) is 5.18. The van der Waals surface area contributed by atoms with E-state index in [0.717, 1.165) is 24.8 Å². The summed E-state index contributed by atoms with van der Waals surface area (Å²) in [6.07, 6.45) is 5.35. The zero-order valence-corrected chi connectivity index (χ0v) is 11.7. The maximum absolute atomic E-state index is 4.72. The highest BCUT2D eigenvalue weighted by molar-refractivity contribution is 5.11. The number of pyridine rings is 1. The molecule has 3 nitrogen and oxygen atoms in total. The molecular formula is C15H25N3. The molecule has 0 saturated carbocycles. The Bertz CT molecular complexity index is 365. The van der Waals surface area contributed by atoms with Crippen molar-refractivity contribution in [2.24, 2.45) is 0 Å². The number of likely N-dealkylation sites (tertiary alicyclic amines) is 1. The molecule has 1 aromatic heterocycles. The molecule has 0 amide bonds. The van der Waals surface area contributed by atoms with Gasteiger partial charge >= 0.3 is 0 Å². The van der Waals surface area contributed by atoms with E-state index in [-0.39, 0.29) is 0 Å². The number of nitrogens with one attached hydrogen (secondary N) is 1. The molecule has 3 heteroatoms. The Morgan fingerprint density at radius 3 is 2.94 bits per heavy atom. The maximum Gasteiger partial charge on any atom is 0.0547 e. The summed E-state index contributed by atoms with van der Waals surface area (Å²) in [5.74, 6) is 0. The number of nitrogens with zero attached hydrogens (tertiary/aromatic N) is 2. The predicted octanol–water partition coefficient (Wildman–Crippen LogP) is 2.57. The SMILES string of the molecule is CCC1CCCCN1Cc1cccc(CNC)n1. The Balaban J connectivity index is 2.00. The predicted molar refractivity (Wildman–Crippen MR) is 75.3 cm³/mol. The highest BCUT2D eigenvalue weighted by atomic mass is 15.2. The van der Waals surface area contributed by atoms with Crippen LogP contribution in [0, 0.1) is 0 Å². The molecule has 1 unspecified atom stereocenters. The van der Waals surface area contributed by atoms with Gasteiger partial charge in [-0.1, -0.05) is 19.4 Å². The van der Waals surface area contributed by atoms with Crippen molar-refractivity contribution in [2.75, 3.05) is 13.6 Å². The third-order valence-electron chi connectivity index (χ3n) is 3.81. The molecule has 0 aliphatic carbocycles. The van der Waals surface area contributed by atoms with E-state index in [2.05, 4.69) is 35.3 Å². The Morgan fingerprint density at radius 1 is 1.33 bits per heavy atom. The van der Waals surface area contributed by atoms with Crippen LogP contribution in [0.1, 0.15) is 44.0 Å². The zero-order chi connectivity index (χ0) is 12.8. The summed E-state index contributed by atoms with van der Waals surface area (Å²) in [4.78, 5) is 7.33. The molecule has 1 fully saturated rings. The Hall–Kier alpha value is -0.930. The number of piperidine rings is 1. The minimum Gasteiger partial charge on any atom is -0.314 e. The van der Waals surface area contributed by atoms with E-state index < -0.39 is 0 Å². The van der Waals surface area contributed by atoms with Gasteiger partial charge in [0.05, 0.1) is 11.4 Å². The molecule has 1 aromatic rings. The van der Waals surface area contributed by atoms with Crippen LogP contribution < -0.4 is 5.32 Å². The second kappa shape index (κ2) is 6.86. The van der Waals surface area contributed by atoms with Gasteiger partial charge in [-0.3, -0.25) is 9.88 Å². The van der Waals surface area contributed by atoms with Crippen LogP contribution >= 0.6 is 0 Å². The number of hydrogen-bond donors (Lipinski definition) is 1. The Morgan fingerprint density at radius 2 is 2.17 bits per heavy atom. The van der Waals surface area contributed by atoms with Gasteiger partial charge in [-0.25, -0.2) is 0 Å². The fourth-order valence-corrected chi connectivity index (χ4v) is 2.84. The van der Waals surface area contributed by atoms with Gasteiger partial charge in [0.2, 0.25) is 0 Å². The molecule has 0 radical (unpaired) electrons. The van der Waals surface area contributed by atoms with E-state index in [9.17, 15) is 0 Å². The van der Waals surface area contributed by atoms with Crippen molar-refractivity contribution in [3.63, 3.8) is 0 Å². The quantitative estimate of drug-likeness (QED) is 0.867. The second-order valence-electron chi connectivity index (χ2n) is 5.18. The van der Waals surface area contributed by atoms with E-state index in [4.69, 9.17) is 4.98 Å². The Labute approximate surface area is 111 Å². The lowest BCUT2D eigenvalue weighted by atomic mass is 10.00. The molecule has 1 N–H and O–H groups in total. The molecule has 1 atom stereocenters. The van der Waals surface area contributed by atoms with Gasteiger partial charge in [-0.05, 0) is 45.0 Å². The van der Waals surface area contributed by atoms with E-state index in [1.807, 2.05) is 7.05 Å². The lowest BCUT2D eigenvalue weighted by Gasteiger charge is -2.34. The third-order valence-corrected chi connectivity index (χ3v) is 3.81. The summed E-state index contributed by atoms with van der Waals surface area (Å²) in [6, 6.07) is 7.13. The third kappa shape index (κ3) is 3.53. The fourth-order valence-electron chi connectivity index (χ4n) is 2.84. The lowest BCUT2D eigenvalue weighted by molar-refractivity contribution is 0.134. The molecule has 2 heterocycles. The van der Waals surface area contributed by atoms with Gasteiger partial charge in [-0.15, -0.1) is 0 Å². The number of rotatable bonds is 5. The van der Waals surface area contributed by atoms with Gasteiger partial charge in [0.1, 0.15) is 0 Å². The molecule has 0 aromatic carbocycles. The van der Waals surface area contributed by atoms with Gasteiger partial charge in [0, 0.05) is 19.1 Å². The van der Waals surface area contributed by atoms with Crippen molar-refractivity contribution in [1.29, 1.82) is 0 Å². The smallest absolute Gasteiger partial charge is 0.0547 e. The van der Waals surface area contributed by atoms with Crippen LogP contribution in [0.2, 0.25) is 0 Å². The first kappa shape index (κ1) is 13.5. The van der Waals surface area contributed by atoms with Crippen LogP contribution in [-0.2, 0) is 13.1 Å². The van der Waals surface area contributed by atoms with Gasteiger partial charge in [0.25, 0.3) is 0 Å². The standard InChI is InChI=1S/C15H25N3/c1-3-15-9-4-5-10-18(15)12-14-8-6-7-13(17-14)11-16-2/h6-8,15-16H,3-5,9-12H2,1-2H3. The number of hydrogen-bond acceptors (Lipinski definition) is 3. The first-order valence-corrected chi connectivity index (χ1v) is 7.17. The highest BCUT2D eigenvalue weighted by Crippen LogP contribution is 2.21. The van der Waals surface area contributed by atoms with Crippen molar-refractivity contribution in [3.05, 3.63) is 29.6 Å². The summed E-state index contributed by atoms with van der Waals surface area (Å²) in [6.45, 7) is 5.39. The molecule has 2 rings (SSSR count). The summed E-state index contributed by atoms with van der Waals surface area (Å²) < 4.78 is 0. The van der Waals surface area contributed by atoms with E-state index in [1.54, 1.807) is 0 Å². The molecule has 1 aliphatic rings. The molecule has 18 heavy (non-hydrogen) atoms. The van der Waals surface area contributed by atoms with E-state index in [0.29, 0.717) is 0 Å². The molecule has 1 aliphatic heterocycles. The van der Waals surface area contributed by atoms with Crippen molar-refractivity contribution in [1.82, 2.24) is 15.2 Å². The van der Waals surface area contributed by atoms with Crippen molar-refractivity contribution in [2.45, 2.75) is 51.7 Å². The average Bonchev–Trinajstić information content (AvgIpc) is 2.40. The average molecular weight is 247 g/mol. The van der Waals surface area contributed by atoms with Crippen LogP contribution in [0.3, 0.4) is 0 Å². The summed E-state index contributed by atoms with van der Waals surface area (Å²) in [7, 11) is 1.96. The maximum atomic E-state index is 4.72. The van der Waals surface area contributed by atoms with Gasteiger partial charge in [-0.2, -0.15) is 0 Å². The van der Waals surface area contributed by atoms with Crippen LogP contribution in [0.4, 0.5) is 0 Å². The Kier molecular flexibility index (Phi) is 5.14. The number of aromatic nitrogens is 1. The van der Waals surface area contributed by atoms with Gasteiger partial charge < -0.3 is 5.32 Å². The van der Waals surface area contributed by atoms with E-state index in [1.165, 1.54) is 37.9 Å². The molecule has 100 valence electrons. The minimum atomic E-state index is 0.758. The summed E-state index contributed by atoms with van der Waals surface area (Å²) >= 11 is 0. The van der Waals surface area contributed by atoms with Crippen molar-refractivity contribution < 1.29 is 0 Å². The molecule has 0 spiro atoms. The fraction of sp³-hybridized carbons (Fsp3) is 0.667. The summed E-state index contributed by atoms with van der Waals surface area (Å²) in [5.41, 5.74) is 2.35. The van der Waals surface area contributed by atoms with Crippen LogP contribution in [0.25, 0.3) is 0 Å². The van der Waals surface area contributed by atoms with E-state index >= 15 is 0 Å². The molecular weight excluding hydrogens is 222 g/mol. The first-order valence-electron chi connectivity index (χ1n) is 7.17. The van der Waals surface area contributed by atoms with Crippen LogP contribution in [0.15, 0.2) is 18.2 Å². The highest BCUT2D eigenvalue weighted by Gasteiger charge is 2.20. The van der Waals surface area contributed by atoms with Crippen molar-refractivity contribution in [3.8, 4) is 0 Å². The molecule has 1 saturated heterocycles. The van der Waals surface area contributed by atoms with Crippen LogP contribution in [0.5, 0.6) is 0 Å². The first-order chi connectivity index (χ1) is 8.83. The topological polar surface area (TPSA) is 28.2 Å². The monoisotopic (exact) mass is 247 g/mol. The summed E-state index contributed by atoms with van der Waals surface area (Å²) in [5, 5.41) is 3.16.